The maximum absolute atomic E-state index is 12.2. The second kappa shape index (κ2) is 6.87. The average molecular weight is 377 g/mol. The van der Waals surface area contributed by atoms with Crippen molar-refractivity contribution in [3.8, 4) is 0 Å². The number of rotatable bonds is 4. The van der Waals surface area contributed by atoms with E-state index in [2.05, 4.69) is 10.6 Å². The van der Waals surface area contributed by atoms with E-state index in [-0.39, 0.29) is 17.2 Å². The molecule has 0 unspecified atom stereocenters. The number of hydrogen-bond acceptors (Lipinski definition) is 5. The number of sulfonamides is 1. The van der Waals surface area contributed by atoms with E-state index in [0.717, 1.165) is 10.6 Å². The van der Waals surface area contributed by atoms with Crippen molar-refractivity contribution in [2.45, 2.75) is 21.5 Å². The van der Waals surface area contributed by atoms with Gasteiger partial charge in [-0.2, -0.15) is 0 Å². The summed E-state index contributed by atoms with van der Waals surface area (Å²) in [5, 5.41) is 9.88. The third-order valence-electron chi connectivity index (χ3n) is 3.52. The van der Waals surface area contributed by atoms with Crippen LogP contribution in [0.25, 0.3) is 0 Å². The zero-order valence-corrected chi connectivity index (χ0v) is 14.6. The van der Waals surface area contributed by atoms with Crippen LogP contribution in [0, 0.1) is 0 Å². The molecule has 1 aliphatic heterocycles. The molecule has 0 saturated carbocycles. The highest BCUT2D eigenvalue weighted by Gasteiger charge is 2.28. The second-order valence-electron chi connectivity index (χ2n) is 5.42. The number of nitrogens with two attached hydrogens (primary N) is 1. The lowest BCUT2D eigenvalue weighted by atomic mass is 10.2. The molecule has 9 heteroatoms. The number of fused-ring (bicyclic) bond motifs is 1. The Labute approximate surface area is 149 Å². The van der Waals surface area contributed by atoms with Gasteiger partial charge in [-0.3, -0.25) is 9.59 Å². The Morgan fingerprint density at radius 2 is 1.96 bits per heavy atom. The van der Waals surface area contributed by atoms with Crippen LogP contribution in [0.1, 0.15) is 6.42 Å². The molecule has 0 spiro atoms. The highest BCUT2D eigenvalue weighted by molar-refractivity contribution is 8.01. The van der Waals surface area contributed by atoms with E-state index in [0.29, 0.717) is 5.69 Å². The van der Waals surface area contributed by atoms with Crippen molar-refractivity contribution in [3.63, 3.8) is 0 Å². The van der Waals surface area contributed by atoms with Crippen molar-refractivity contribution >= 4 is 45.0 Å². The van der Waals surface area contributed by atoms with E-state index in [1.165, 1.54) is 30.0 Å². The van der Waals surface area contributed by atoms with Crippen molar-refractivity contribution in [2.24, 2.45) is 5.14 Å². The molecule has 2 aromatic rings. The average Bonchev–Trinajstić information content (AvgIpc) is 2.55. The van der Waals surface area contributed by atoms with Crippen molar-refractivity contribution in [1.29, 1.82) is 0 Å². The first kappa shape index (κ1) is 17.5. The highest BCUT2D eigenvalue weighted by Crippen LogP contribution is 2.36. The van der Waals surface area contributed by atoms with E-state index in [1.807, 2.05) is 18.2 Å². The van der Waals surface area contributed by atoms with E-state index >= 15 is 0 Å². The van der Waals surface area contributed by atoms with Gasteiger partial charge in [0.2, 0.25) is 21.8 Å². The molecule has 0 aliphatic carbocycles. The third kappa shape index (κ3) is 4.19. The quantitative estimate of drug-likeness (QED) is 0.750. The largest absolute Gasteiger partial charge is 0.326 e. The van der Waals surface area contributed by atoms with Crippen LogP contribution >= 0.6 is 11.8 Å². The van der Waals surface area contributed by atoms with Gasteiger partial charge in [-0.25, -0.2) is 13.6 Å². The minimum Gasteiger partial charge on any atom is -0.326 e. The minimum atomic E-state index is -3.85. The summed E-state index contributed by atoms with van der Waals surface area (Å²) < 4.78 is 22.7. The number of primary sulfonamides is 1. The van der Waals surface area contributed by atoms with E-state index in [1.54, 1.807) is 12.1 Å². The van der Waals surface area contributed by atoms with Crippen LogP contribution in [-0.2, 0) is 19.6 Å². The smallest absolute Gasteiger partial charge is 0.238 e. The van der Waals surface area contributed by atoms with Crippen LogP contribution in [0.4, 0.5) is 11.4 Å². The Hall–Kier alpha value is -2.36. The molecule has 2 amide bonds. The van der Waals surface area contributed by atoms with Gasteiger partial charge >= 0.3 is 0 Å². The Morgan fingerprint density at radius 1 is 1.20 bits per heavy atom. The number of hydrogen-bond donors (Lipinski definition) is 3. The van der Waals surface area contributed by atoms with Gasteiger partial charge in [0, 0.05) is 17.0 Å². The Kier molecular flexibility index (Phi) is 4.80. The number of amides is 2. The number of thioether (sulfide) groups is 1. The van der Waals surface area contributed by atoms with Crippen LogP contribution in [-0.4, -0.2) is 25.5 Å². The molecule has 0 fully saturated rings. The van der Waals surface area contributed by atoms with Gasteiger partial charge in [-0.1, -0.05) is 18.2 Å². The molecular weight excluding hydrogens is 362 g/mol. The summed E-state index contributed by atoms with van der Waals surface area (Å²) in [6, 6.07) is 13.0. The number of nitrogens with one attached hydrogen (secondary N) is 2. The molecule has 4 N–H and O–H groups in total. The Balaban J connectivity index is 1.68. The molecule has 0 radical (unpaired) electrons. The van der Waals surface area contributed by atoms with Gasteiger partial charge in [-0.05, 0) is 30.3 Å². The molecular formula is C16H15N3O4S2. The summed E-state index contributed by atoms with van der Waals surface area (Å²) >= 11 is 1.32. The van der Waals surface area contributed by atoms with Gasteiger partial charge in [0.1, 0.15) is 0 Å². The molecule has 3 rings (SSSR count). The maximum Gasteiger partial charge on any atom is 0.238 e. The highest BCUT2D eigenvalue weighted by atomic mass is 32.2. The summed E-state index contributed by atoms with van der Waals surface area (Å²) in [7, 11) is -3.85. The molecule has 7 nitrogen and oxygen atoms in total. The van der Waals surface area contributed by atoms with Crippen molar-refractivity contribution in [1.82, 2.24) is 0 Å². The summed E-state index contributed by atoms with van der Waals surface area (Å²) in [5.74, 6) is -0.629. The maximum atomic E-state index is 12.2. The molecule has 25 heavy (non-hydrogen) atoms. The summed E-state index contributed by atoms with van der Waals surface area (Å²) in [4.78, 5) is 25.1. The van der Waals surface area contributed by atoms with Crippen LogP contribution in [0.2, 0.25) is 0 Å². The Bertz CT molecular complexity index is 944. The third-order valence-corrected chi connectivity index (χ3v) is 5.71. The number of anilines is 2. The monoisotopic (exact) mass is 377 g/mol. The fourth-order valence-corrected chi connectivity index (χ4v) is 4.03. The standard InChI is InChI=1S/C16H15N3O4S2/c17-25(22,23)11-5-3-4-10(8-11)18-15(20)9-14-16(21)19-12-6-1-2-7-13(12)24-14/h1-8,14H,9H2,(H,18,20)(H,19,21)(H2,17,22,23)/t14-/m0/s1. The molecule has 2 aromatic carbocycles. The number of para-hydroxylation sites is 1. The fraction of sp³-hybridized carbons (Fsp3) is 0.125. The first-order chi connectivity index (χ1) is 11.8. The lowest BCUT2D eigenvalue weighted by Crippen LogP contribution is -2.32. The van der Waals surface area contributed by atoms with E-state index in [4.69, 9.17) is 5.14 Å². The zero-order chi connectivity index (χ0) is 18.0. The molecule has 130 valence electrons. The summed E-state index contributed by atoms with van der Waals surface area (Å²) in [5.41, 5.74) is 1.04. The lowest BCUT2D eigenvalue weighted by molar-refractivity contribution is -0.120. The summed E-state index contributed by atoms with van der Waals surface area (Å²) in [6.07, 6.45) is -0.0373. The van der Waals surface area contributed by atoms with E-state index < -0.39 is 21.2 Å². The predicted molar refractivity (Wildman–Crippen MR) is 95.8 cm³/mol. The molecule has 0 aromatic heterocycles. The van der Waals surface area contributed by atoms with Crippen molar-refractivity contribution < 1.29 is 18.0 Å². The molecule has 0 bridgehead atoms. The zero-order valence-electron chi connectivity index (χ0n) is 12.9. The molecule has 1 aliphatic rings. The SMILES string of the molecule is NS(=O)(=O)c1cccc(NC(=O)C[C@@H]2Sc3ccccc3NC2=O)c1. The lowest BCUT2D eigenvalue weighted by Gasteiger charge is -2.23. The Morgan fingerprint density at radius 3 is 2.72 bits per heavy atom. The first-order valence-corrected chi connectivity index (χ1v) is 9.75. The van der Waals surface area contributed by atoms with Crippen molar-refractivity contribution in [2.75, 3.05) is 10.6 Å². The normalized spacial score (nSPS) is 16.7. The first-order valence-electron chi connectivity index (χ1n) is 7.32. The number of benzene rings is 2. The van der Waals surface area contributed by atoms with Crippen LogP contribution < -0.4 is 15.8 Å². The fourth-order valence-electron chi connectivity index (χ4n) is 2.36. The number of carbonyl (C=O) groups is 2. The van der Waals surface area contributed by atoms with Gasteiger partial charge in [-0.15, -0.1) is 11.8 Å². The second-order valence-corrected chi connectivity index (χ2v) is 8.22. The minimum absolute atomic E-state index is 0.0373. The molecule has 1 heterocycles. The van der Waals surface area contributed by atoms with Gasteiger partial charge in [0.25, 0.3) is 0 Å². The van der Waals surface area contributed by atoms with Gasteiger partial charge in [0.15, 0.2) is 0 Å². The predicted octanol–water partition coefficient (Wildman–Crippen LogP) is 1.78. The van der Waals surface area contributed by atoms with E-state index in [9.17, 15) is 18.0 Å². The van der Waals surface area contributed by atoms with Gasteiger partial charge < -0.3 is 10.6 Å². The van der Waals surface area contributed by atoms with Crippen LogP contribution in [0.15, 0.2) is 58.3 Å². The van der Waals surface area contributed by atoms with Crippen LogP contribution in [0.5, 0.6) is 0 Å². The number of carbonyl (C=O) groups excluding carboxylic acids is 2. The van der Waals surface area contributed by atoms with Crippen LogP contribution in [0.3, 0.4) is 0 Å². The van der Waals surface area contributed by atoms with Gasteiger partial charge in [0.05, 0.1) is 15.8 Å². The van der Waals surface area contributed by atoms with Crippen molar-refractivity contribution in [3.05, 3.63) is 48.5 Å². The molecule has 0 saturated heterocycles. The molecule has 1 atom stereocenters. The topological polar surface area (TPSA) is 118 Å². The summed E-state index contributed by atoms with van der Waals surface area (Å²) in [6.45, 7) is 0.